The molecule has 1 saturated heterocycles. The summed E-state index contributed by atoms with van der Waals surface area (Å²) in [6, 6.07) is 8.63. The monoisotopic (exact) mass is 307 g/mol. The normalized spacial score (nSPS) is 20.7. The Morgan fingerprint density at radius 1 is 1.26 bits per heavy atom. The molecule has 0 saturated carbocycles. The van der Waals surface area contributed by atoms with Gasteiger partial charge in [-0.05, 0) is 38.1 Å². The third-order valence-electron chi connectivity index (χ3n) is 4.76. The van der Waals surface area contributed by atoms with Crippen LogP contribution in [0.2, 0.25) is 0 Å². The van der Waals surface area contributed by atoms with E-state index in [0.717, 1.165) is 41.4 Å². The van der Waals surface area contributed by atoms with Crippen molar-refractivity contribution < 1.29 is 0 Å². The van der Waals surface area contributed by atoms with Crippen molar-refractivity contribution >= 4 is 10.8 Å². The van der Waals surface area contributed by atoms with Crippen molar-refractivity contribution in [1.29, 1.82) is 0 Å². The van der Waals surface area contributed by atoms with Crippen molar-refractivity contribution in [2.45, 2.75) is 38.3 Å². The predicted octanol–water partition coefficient (Wildman–Crippen LogP) is 3.20. The Balaban J connectivity index is 1.65. The molecule has 1 aromatic carbocycles. The molecule has 0 spiro atoms. The van der Waals surface area contributed by atoms with Crippen molar-refractivity contribution in [3.05, 3.63) is 42.9 Å². The largest absolute Gasteiger partial charge is 0.310 e. The Labute approximate surface area is 135 Å². The molecule has 3 aromatic rings. The van der Waals surface area contributed by atoms with Crippen LogP contribution in [0.3, 0.4) is 0 Å². The summed E-state index contributed by atoms with van der Waals surface area (Å²) in [5.74, 6) is 0. The summed E-state index contributed by atoms with van der Waals surface area (Å²) in [6.45, 7) is 5.44. The van der Waals surface area contributed by atoms with E-state index in [9.17, 15) is 0 Å². The van der Waals surface area contributed by atoms with E-state index in [0.29, 0.717) is 6.04 Å². The lowest BCUT2D eigenvalue weighted by atomic mass is 9.91. The average molecular weight is 307 g/mol. The minimum Gasteiger partial charge on any atom is -0.310 e. The highest BCUT2D eigenvalue weighted by molar-refractivity contribution is 5.94. The number of hydrogen-bond donors (Lipinski definition) is 1. The van der Waals surface area contributed by atoms with E-state index in [-0.39, 0.29) is 5.54 Å². The summed E-state index contributed by atoms with van der Waals surface area (Å²) in [5, 5.41) is 14.7. The molecule has 1 aliphatic heterocycles. The molecule has 1 aliphatic rings. The first kappa shape index (κ1) is 14.3. The fourth-order valence-corrected chi connectivity index (χ4v) is 3.26. The van der Waals surface area contributed by atoms with Gasteiger partial charge in [0.1, 0.15) is 5.69 Å². The van der Waals surface area contributed by atoms with Crippen molar-refractivity contribution in [3.63, 3.8) is 0 Å². The van der Waals surface area contributed by atoms with Gasteiger partial charge >= 0.3 is 0 Å². The van der Waals surface area contributed by atoms with Crippen LogP contribution in [0.25, 0.3) is 22.0 Å². The van der Waals surface area contributed by atoms with Crippen molar-refractivity contribution in [2.24, 2.45) is 0 Å². The first-order chi connectivity index (χ1) is 11.1. The van der Waals surface area contributed by atoms with Crippen LogP contribution in [0.5, 0.6) is 0 Å². The lowest BCUT2D eigenvalue weighted by Gasteiger charge is -2.35. The van der Waals surface area contributed by atoms with Crippen LogP contribution in [0, 0.1) is 0 Å². The number of aromatic nitrogens is 4. The summed E-state index contributed by atoms with van der Waals surface area (Å²) in [7, 11) is 0. The summed E-state index contributed by atoms with van der Waals surface area (Å²) >= 11 is 0. The van der Waals surface area contributed by atoms with E-state index in [2.05, 4.69) is 52.8 Å². The number of benzene rings is 1. The molecule has 0 amide bonds. The number of fused-ring (bicyclic) bond motifs is 1. The molecule has 5 heteroatoms. The minimum atomic E-state index is 0.225. The van der Waals surface area contributed by atoms with Crippen molar-refractivity contribution in [1.82, 2.24) is 25.3 Å². The molecule has 2 aromatic heterocycles. The van der Waals surface area contributed by atoms with E-state index in [1.54, 1.807) is 0 Å². The zero-order valence-corrected chi connectivity index (χ0v) is 13.5. The average Bonchev–Trinajstić information content (AvgIpc) is 3.04. The molecule has 1 fully saturated rings. The fourth-order valence-electron chi connectivity index (χ4n) is 3.26. The van der Waals surface area contributed by atoms with Crippen LogP contribution < -0.4 is 5.32 Å². The molecule has 0 aliphatic carbocycles. The molecule has 118 valence electrons. The standard InChI is InChI=1S/C18H21N5/c1-18(2)8-6-14(11-20-18)23-12-17(21-22-23)16-5-3-4-13-10-19-9-7-15(13)16/h3-5,7,9-10,12,14,20H,6,8,11H2,1-2H3. The number of rotatable bonds is 2. The maximum atomic E-state index is 4.41. The second kappa shape index (κ2) is 5.42. The van der Waals surface area contributed by atoms with Gasteiger partial charge in [0.2, 0.25) is 0 Å². The summed E-state index contributed by atoms with van der Waals surface area (Å²) in [4.78, 5) is 4.19. The van der Waals surface area contributed by atoms with Gasteiger partial charge in [0.25, 0.3) is 0 Å². The zero-order valence-electron chi connectivity index (χ0n) is 13.5. The number of hydrogen-bond acceptors (Lipinski definition) is 4. The fraction of sp³-hybridized carbons (Fsp3) is 0.389. The number of nitrogens with zero attached hydrogens (tertiary/aromatic N) is 4. The lowest BCUT2D eigenvalue weighted by molar-refractivity contribution is 0.230. The second-order valence-corrected chi connectivity index (χ2v) is 6.94. The molecule has 1 atom stereocenters. The lowest BCUT2D eigenvalue weighted by Crippen LogP contribution is -2.47. The molecule has 0 radical (unpaired) electrons. The number of piperidine rings is 1. The Kier molecular flexibility index (Phi) is 3.38. The Morgan fingerprint density at radius 3 is 3.00 bits per heavy atom. The number of nitrogens with one attached hydrogen (secondary N) is 1. The Morgan fingerprint density at radius 2 is 2.17 bits per heavy atom. The third-order valence-corrected chi connectivity index (χ3v) is 4.76. The van der Waals surface area contributed by atoms with E-state index in [4.69, 9.17) is 0 Å². The van der Waals surface area contributed by atoms with Gasteiger partial charge in [-0.2, -0.15) is 0 Å². The molecule has 0 bridgehead atoms. The van der Waals surface area contributed by atoms with Gasteiger partial charge in [-0.3, -0.25) is 4.98 Å². The molecular weight excluding hydrogens is 286 g/mol. The van der Waals surface area contributed by atoms with Crippen LogP contribution in [-0.2, 0) is 0 Å². The first-order valence-corrected chi connectivity index (χ1v) is 8.12. The van der Waals surface area contributed by atoms with Gasteiger partial charge in [-0.1, -0.05) is 23.4 Å². The van der Waals surface area contributed by atoms with Crippen LogP contribution in [0.1, 0.15) is 32.7 Å². The van der Waals surface area contributed by atoms with Crippen molar-refractivity contribution in [2.75, 3.05) is 6.54 Å². The summed E-state index contributed by atoms with van der Waals surface area (Å²) < 4.78 is 2.01. The third kappa shape index (κ3) is 2.72. The topological polar surface area (TPSA) is 55.6 Å². The molecular formula is C18H21N5. The van der Waals surface area contributed by atoms with Gasteiger partial charge in [0.15, 0.2) is 0 Å². The SMILES string of the molecule is CC1(C)CCC(n2cc(-c3cccc4cnccc34)nn2)CN1. The van der Waals surface area contributed by atoms with Gasteiger partial charge in [0, 0.05) is 35.4 Å². The zero-order chi connectivity index (χ0) is 15.9. The quantitative estimate of drug-likeness (QED) is 0.790. The van der Waals surface area contributed by atoms with Crippen LogP contribution in [0.4, 0.5) is 0 Å². The highest BCUT2D eigenvalue weighted by Crippen LogP contribution is 2.29. The maximum Gasteiger partial charge on any atom is 0.113 e. The molecule has 1 unspecified atom stereocenters. The van der Waals surface area contributed by atoms with Crippen LogP contribution in [-0.4, -0.2) is 32.1 Å². The second-order valence-electron chi connectivity index (χ2n) is 6.94. The van der Waals surface area contributed by atoms with E-state index in [1.165, 1.54) is 0 Å². The minimum absolute atomic E-state index is 0.225. The van der Waals surface area contributed by atoms with E-state index in [1.807, 2.05) is 29.2 Å². The maximum absolute atomic E-state index is 4.41. The molecule has 4 rings (SSSR count). The summed E-state index contributed by atoms with van der Waals surface area (Å²) in [5.41, 5.74) is 2.26. The molecule has 5 nitrogen and oxygen atoms in total. The van der Waals surface area contributed by atoms with Crippen LogP contribution in [0.15, 0.2) is 42.9 Å². The smallest absolute Gasteiger partial charge is 0.113 e. The highest BCUT2D eigenvalue weighted by Gasteiger charge is 2.27. The van der Waals surface area contributed by atoms with Gasteiger partial charge in [0.05, 0.1) is 12.2 Å². The molecule has 23 heavy (non-hydrogen) atoms. The Bertz CT molecular complexity index is 821. The molecule has 1 N–H and O–H groups in total. The van der Waals surface area contributed by atoms with Crippen molar-refractivity contribution in [3.8, 4) is 11.3 Å². The van der Waals surface area contributed by atoms with Gasteiger partial charge in [-0.25, -0.2) is 4.68 Å². The highest BCUT2D eigenvalue weighted by atomic mass is 15.4. The molecule has 3 heterocycles. The van der Waals surface area contributed by atoms with Gasteiger partial charge in [-0.15, -0.1) is 5.10 Å². The summed E-state index contributed by atoms with van der Waals surface area (Å²) in [6.07, 6.45) is 8.05. The van der Waals surface area contributed by atoms with Crippen LogP contribution >= 0.6 is 0 Å². The number of pyridine rings is 1. The first-order valence-electron chi connectivity index (χ1n) is 8.12. The van der Waals surface area contributed by atoms with E-state index >= 15 is 0 Å². The predicted molar refractivity (Wildman–Crippen MR) is 91.1 cm³/mol. The Hall–Kier alpha value is -2.27. The van der Waals surface area contributed by atoms with Gasteiger partial charge < -0.3 is 5.32 Å². The van der Waals surface area contributed by atoms with E-state index < -0.39 is 0 Å².